The summed E-state index contributed by atoms with van der Waals surface area (Å²) < 4.78 is 5.87. The number of thiazole rings is 1. The molecule has 35 heavy (non-hydrogen) atoms. The molecule has 1 atom stereocenters. The summed E-state index contributed by atoms with van der Waals surface area (Å²) in [6, 6.07) is 23.3. The zero-order chi connectivity index (χ0) is 24.4. The van der Waals surface area contributed by atoms with Gasteiger partial charge in [-0.1, -0.05) is 60.2 Å². The van der Waals surface area contributed by atoms with Gasteiger partial charge in [-0.25, -0.2) is 4.98 Å². The van der Waals surface area contributed by atoms with E-state index >= 15 is 0 Å². The first kappa shape index (κ1) is 22.6. The SMILES string of the molecule is Cc1cccc(COc2ccc(C(O)=C3C(=O)C(=O)N(c4nccs4)[C@@H]3c3ccccc3)cc2)c1. The highest BCUT2D eigenvalue weighted by molar-refractivity contribution is 7.14. The summed E-state index contributed by atoms with van der Waals surface area (Å²) in [7, 11) is 0. The third kappa shape index (κ3) is 4.46. The van der Waals surface area contributed by atoms with Crippen LogP contribution in [0.5, 0.6) is 5.75 Å². The number of ketones is 1. The Hall–Kier alpha value is -4.23. The molecule has 0 radical (unpaired) electrons. The Kier molecular flexibility index (Phi) is 6.16. The number of hydrogen-bond acceptors (Lipinski definition) is 6. The number of nitrogens with zero attached hydrogens (tertiary/aromatic N) is 2. The molecule has 3 aromatic carbocycles. The minimum Gasteiger partial charge on any atom is -0.507 e. The topological polar surface area (TPSA) is 79.7 Å². The van der Waals surface area contributed by atoms with E-state index in [2.05, 4.69) is 11.1 Å². The Labute approximate surface area is 206 Å². The van der Waals surface area contributed by atoms with Gasteiger partial charge < -0.3 is 9.84 Å². The number of carbonyl (C=O) groups excluding carboxylic acids is 2. The maximum absolute atomic E-state index is 13.1. The molecule has 7 heteroatoms. The highest BCUT2D eigenvalue weighted by atomic mass is 32.1. The van der Waals surface area contributed by atoms with Gasteiger partial charge in [-0.15, -0.1) is 11.3 Å². The minimum absolute atomic E-state index is 0.0322. The van der Waals surface area contributed by atoms with Crippen molar-refractivity contribution >= 4 is 33.9 Å². The third-order valence-corrected chi connectivity index (χ3v) is 6.57. The van der Waals surface area contributed by atoms with Gasteiger partial charge in [0.25, 0.3) is 5.78 Å². The first-order chi connectivity index (χ1) is 17.0. The predicted octanol–water partition coefficient (Wildman–Crippen LogP) is 5.66. The molecule has 6 nitrogen and oxygen atoms in total. The second-order valence-corrected chi connectivity index (χ2v) is 9.07. The van der Waals surface area contributed by atoms with E-state index in [1.807, 2.05) is 55.5 Å². The number of carbonyl (C=O) groups is 2. The van der Waals surface area contributed by atoms with Crippen LogP contribution in [-0.4, -0.2) is 21.8 Å². The van der Waals surface area contributed by atoms with Crippen molar-refractivity contribution in [3.8, 4) is 5.75 Å². The number of aliphatic hydroxyl groups is 1. The van der Waals surface area contributed by atoms with Gasteiger partial charge in [0.2, 0.25) is 0 Å². The molecule has 5 rings (SSSR count). The van der Waals surface area contributed by atoms with E-state index < -0.39 is 17.7 Å². The highest BCUT2D eigenvalue weighted by Crippen LogP contribution is 2.42. The van der Waals surface area contributed by atoms with Crippen LogP contribution in [0.1, 0.15) is 28.3 Å². The van der Waals surface area contributed by atoms with Crippen LogP contribution in [0.3, 0.4) is 0 Å². The van der Waals surface area contributed by atoms with Crippen LogP contribution < -0.4 is 9.64 Å². The van der Waals surface area contributed by atoms with E-state index in [-0.39, 0.29) is 11.3 Å². The number of anilines is 1. The highest BCUT2D eigenvalue weighted by Gasteiger charge is 2.47. The fraction of sp³-hybridized carbons (Fsp3) is 0.107. The van der Waals surface area contributed by atoms with Crippen molar-refractivity contribution < 1.29 is 19.4 Å². The fourth-order valence-electron chi connectivity index (χ4n) is 4.15. The number of Topliss-reactive ketones (excluding diaryl/α,β-unsaturated/α-hetero) is 1. The number of aromatic nitrogens is 1. The van der Waals surface area contributed by atoms with Gasteiger partial charge in [-0.2, -0.15) is 0 Å². The van der Waals surface area contributed by atoms with Gasteiger partial charge in [0.1, 0.15) is 18.1 Å². The molecule has 0 aliphatic carbocycles. The predicted molar refractivity (Wildman–Crippen MR) is 135 cm³/mol. The molecule has 1 amide bonds. The summed E-state index contributed by atoms with van der Waals surface area (Å²) in [6.45, 7) is 2.45. The molecule has 1 N–H and O–H groups in total. The van der Waals surface area contributed by atoms with Crippen LogP contribution in [0, 0.1) is 6.92 Å². The van der Waals surface area contributed by atoms with Crippen molar-refractivity contribution in [2.75, 3.05) is 4.90 Å². The quantitative estimate of drug-likeness (QED) is 0.218. The van der Waals surface area contributed by atoms with Crippen LogP contribution in [0.4, 0.5) is 5.13 Å². The summed E-state index contributed by atoms with van der Waals surface area (Å²) in [4.78, 5) is 31.7. The zero-order valence-electron chi connectivity index (χ0n) is 18.9. The Bertz CT molecular complexity index is 1400. The van der Waals surface area contributed by atoms with Crippen LogP contribution in [-0.2, 0) is 16.2 Å². The molecule has 1 aromatic heterocycles. The summed E-state index contributed by atoms with van der Waals surface area (Å²) >= 11 is 1.26. The zero-order valence-corrected chi connectivity index (χ0v) is 19.7. The van der Waals surface area contributed by atoms with Gasteiger partial charge in [-0.05, 0) is 42.3 Å². The second-order valence-electron chi connectivity index (χ2n) is 8.20. The first-order valence-electron chi connectivity index (χ1n) is 11.1. The largest absolute Gasteiger partial charge is 0.507 e. The number of aliphatic hydroxyl groups excluding tert-OH is 1. The van der Waals surface area contributed by atoms with Crippen LogP contribution in [0.25, 0.3) is 5.76 Å². The Balaban J connectivity index is 1.47. The molecule has 1 fully saturated rings. The molecular formula is C28H22N2O4S. The van der Waals surface area contributed by atoms with E-state index in [1.54, 1.807) is 35.8 Å². The molecule has 0 spiro atoms. The van der Waals surface area contributed by atoms with Crippen molar-refractivity contribution in [1.29, 1.82) is 0 Å². The molecule has 1 aliphatic rings. The van der Waals surface area contributed by atoms with Gasteiger partial charge in [0.15, 0.2) is 5.13 Å². The first-order valence-corrected chi connectivity index (χ1v) is 11.9. The van der Waals surface area contributed by atoms with Gasteiger partial charge in [0, 0.05) is 17.1 Å². The summed E-state index contributed by atoms with van der Waals surface area (Å²) in [5, 5.41) is 13.4. The standard InChI is InChI=1S/C28H22N2O4S/c1-18-6-5-7-19(16-18)17-34-22-12-10-21(11-13-22)25(31)23-24(20-8-3-2-4-9-20)30(27(33)26(23)32)28-29-14-15-35-28/h2-16,24,31H,17H2,1H3/t24-/m1/s1. The second kappa shape index (κ2) is 9.56. The van der Waals surface area contributed by atoms with E-state index in [9.17, 15) is 14.7 Å². The maximum Gasteiger partial charge on any atom is 0.301 e. The summed E-state index contributed by atoms with van der Waals surface area (Å²) in [6.07, 6.45) is 1.58. The van der Waals surface area contributed by atoms with Crippen molar-refractivity contribution in [3.05, 3.63) is 118 Å². The lowest BCUT2D eigenvalue weighted by molar-refractivity contribution is -0.132. The van der Waals surface area contributed by atoms with Gasteiger partial charge in [0.05, 0.1) is 11.6 Å². The van der Waals surface area contributed by atoms with E-state index in [4.69, 9.17) is 4.74 Å². The molecule has 2 heterocycles. The fourth-order valence-corrected chi connectivity index (χ4v) is 4.82. The molecule has 4 aromatic rings. The molecule has 0 unspecified atom stereocenters. The van der Waals surface area contributed by atoms with Gasteiger partial charge in [-0.3, -0.25) is 14.5 Å². The van der Waals surface area contributed by atoms with E-state index in [0.717, 1.165) is 11.1 Å². The lowest BCUT2D eigenvalue weighted by atomic mass is 9.95. The Morgan fingerprint density at radius 1 is 1.03 bits per heavy atom. The molecule has 174 valence electrons. The number of ether oxygens (including phenoxy) is 1. The van der Waals surface area contributed by atoms with Crippen molar-refractivity contribution in [2.24, 2.45) is 0 Å². The van der Waals surface area contributed by atoms with Crippen LogP contribution in [0.2, 0.25) is 0 Å². The molecule has 0 saturated carbocycles. The smallest absolute Gasteiger partial charge is 0.301 e. The van der Waals surface area contributed by atoms with E-state index in [0.29, 0.717) is 28.6 Å². The number of hydrogen-bond donors (Lipinski definition) is 1. The maximum atomic E-state index is 13.1. The Morgan fingerprint density at radius 2 is 1.80 bits per heavy atom. The average molecular weight is 483 g/mol. The van der Waals surface area contributed by atoms with Crippen molar-refractivity contribution in [3.63, 3.8) is 0 Å². The number of benzene rings is 3. The molecule has 0 bridgehead atoms. The molecular weight excluding hydrogens is 460 g/mol. The minimum atomic E-state index is -0.778. The van der Waals surface area contributed by atoms with Crippen molar-refractivity contribution in [1.82, 2.24) is 4.98 Å². The average Bonchev–Trinajstić information content (AvgIpc) is 3.50. The monoisotopic (exact) mass is 482 g/mol. The number of aryl methyl sites for hydroxylation is 1. The third-order valence-electron chi connectivity index (χ3n) is 5.80. The molecule has 1 saturated heterocycles. The molecule has 1 aliphatic heterocycles. The number of rotatable bonds is 6. The lowest BCUT2D eigenvalue weighted by Crippen LogP contribution is -2.29. The van der Waals surface area contributed by atoms with Crippen LogP contribution >= 0.6 is 11.3 Å². The Morgan fingerprint density at radius 3 is 2.49 bits per heavy atom. The van der Waals surface area contributed by atoms with Gasteiger partial charge >= 0.3 is 5.91 Å². The normalized spacial score (nSPS) is 17.1. The van der Waals surface area contributed by atoms with E-state index in [1.165, 1.54) is 16.2 Å². The lowest BCUT2D eigenvalue weighted by Gasteiger charge is -2.22. The summed E-state index contributed by atoms with van der Waals surface area (Å²) in [5.41, 5.74) is 3.38. The van der Waals surface area contributed by atoms with Crippen molar-refractivity contribution in [2.45, 2.75) is 19.6 Å². The number of amides is 1. The van der Waals surface area contributed by atoms with Crippen LogP contribution in [0.15, 0.2) is 96.0 Å². The summed E-state index contributed by atoms with van der Waals surface area (Å²) in [5.74, 6) is -1.06.